The van der Waals surface area contributed by atoms with E-state index < -0.39 is 0 Å². The highest BCUT2D eigenvalue weighted by Gasteiger charge is 2.54. The number of hydrogen-bond acceptors (Lipinski definition) is 3. The topological polar surface area (TPSA) is 68.4 Å². The molecular weight excluding hydrogens is 383 g/mol. The Balaban J connectivity index is 1.18. The molecule has 2 aromatic rings. The Hall–Kier alpha value is -2.41. The van der Waals surface area contributed by atoms with Gasteiger partial charge in [0, 0.05) is 56.0 Å². The van der Waals surface area contributed by atoms with Gasteiger partial charge >= 0.3 is 0 Å². The third-order valence-corrected chi connectivity index (χ3v) is 7.27. The number of nitrogens with zero attached hydrogens (tertiary/aromatic N) is 2. The third-order valence-electron chi connectivity index (χ3n) is 7.27. The van der Waals surface area contributed by atoms with Crippen molar-refractivity contribution in [3.8, 4) is 0 Å². The molecule has 2 saturated heterocycles. The summed E-state index contributed by atoms with van der Waals surface area (Å²) in [7, 11) is 0. The number of hydrogen-bond donors (Lipinski definition) is 2. The fourth-order valence-electron chi connectivity index (χ4n) is 5.60. The van der Waals surface area contributed by atoms with Crippen molar-refractivity contribution in [2.45, 2.75) is 51.6 Å². The van der Waals surface area contributed by atoms with E-state index in [0.29, 0.717) is 28.1 Å². The second kappa shape index (κ2) is 7.08. The molecule has 0 bridgehead atoms. The SMILES string of the molecule is CC(=O)N1CC2(C1)CN([C@H]1CCC[C@@H](NC(=O)c3cc4c(F)ccc(C)c4[nH]3)C1)C2. The number of halogens is 1. The van der Waals surface area contributed by atoms with Crippen LogP contribution in [0.1, 0.15) is 48.7 Å². The Labute approximate surface area is 175 Å². The van der Waals surface area contributed by atoms with E-state index in [9.17, 15) is 14.0 Å². The summed E-state index contributed by atoms with van der Waals surface area (Å²) in [6, 6.07) is 5.41. The highest BCUT2D eigenvalue weighted by atomic mass is 19.1. The van der Waals surface area contributed by atoms with Crippen molar-refractivity contribution < 1.29 is 14.0 Å². The second-order valence-electron chi connectivity index (χ2n) is 9.61. The minimum atomic E-state index is -0.310. The smallest absolute Gasteiger partial charge is 0.267 e. The van der Waals surface area contributed by atoms with Gasteiger partial charge in [0.1, 0.15) is 11.5 Å². The zero-order valence-corrected chi connectivity index (χ0v) is 17.6. The third kappa shape index (κ3) is 3.29. The first-order valence-corrected chi connectivity index (χ1v) is 10.9. The molecule has 0 unspecified atom stereocenters. The van der Waals surface area contributed by atoms with Crippen LogP contribution in [0.5, 0.6) is 0 Å². The summed E-state index contributed by atoms with van der Waals surface area (Å²) in [6.07, 6.45) is 4.19. The van der Waals surface area contributed by atoms with Gasteiger partial charge in [0.25, 0.3) is 5.91 Å². The molecule has 3 heterocycles. The van der Waals surface area contributed by atoms with E-state index >= 15 is 0 Å². The molecule has 2 atom stereocenters. The molecule has 3 fully saturated rings. The van der Waals surface area contributed by atoms with E-state index in [2.05, 4.69) is 15.2 Å². The average molecular weight is 413 g/mol. The molecule has 1 aromatic heterocycles. The quantitative estimate of drug-likeness (QED) is 0.815. The van der Waals surface area contributed by atoms with Gasteiger partial charge in [-0.25, -0.2) is 4.39 Å². The molecule has 1 aromatic carbocycles. The predicted octanol–water partition coefficient (Wildman–Crippen LogP) is 2.82. The number of aromatic amines is 1. The number of aromatic nitrogens is 1. The summed E-state index contributed by atoms with van der Waals surface area (Å²) in [5.41, 5.74) is 2.35. The minimum absolute atomic E-state index is 0.139. The standard InChI is InChI=1S/C23H29FN4O2/c1-14-6-7-19(24)18-9-20(26-21(14)18)22(30)25-16-4-3-5-17(8-16)28-12-23(13-28)10-27(11-23)15(2)29/h6-7,9,16-17,26H,3-5,8,10-13H2,1-2H3,(H,25,30)/t16-,17+/m1/s1. The number of nitrogens with one attached hydrogen (secondary N) is 2. The second-order valence-corrected chi connectivity index (χ2v) is 9.61. The molecule has 6 nitrogen and oxygen atoms in total. The number of fused-ring (bicyclic) bond motifs is 1. The molecular formula is C23H29FN4O2. The van der Waals surface area contributed by atoms with Crippen LogP contribution in [0.25, 0.3) is 10.9 Å². The molecule has 5 rings (SSSR count). The first-order valence-electron chi connectivity index (χ1n) is 10.9. The zero-order chi connectivity index (χ0) is 21.0. The molecule has 1 spiro atoms. The number of carbonyl (C=O) groups is 2. The summed E-state index contributed by atoms with van der Waals surface area (Å²) >= 11 is 0. The maximum Gasteiger partial charge on any atom is 0.267 e. The fraction of sp³-hybridized carbons (Fsp3) is 0.565. The van der Waals surface area contributed by atoms with Crippen molar-refractivity contribution >= 4 is 22.7 Å². The zero-order valence-electron chi connectivity index (χ0n) is 17.6. The van der Waals surface area contributed by atoms with Gasteiger partial charge in [-0.2, -0.15) is 0 Å². The largest absolute Gasteiger partial charge is 0.350 e. The molecule has 1 aliphatic carbocycles. The van der Waals surface area contributed by atoms with Crippen LogP contribution < -0.4 is 5.32 Å². The number of H-pyrrole nitrogens is 1. The van der Waals surface area contributed by atoms with Crippen molar-refractivity contribution in [1.29, 1.82) is 0 Å². The van der Waals surface area contributed by atoms with Gasteiger partial charge in [-0.1, -0.05) is 6.07 Å². The van der Waals surface area contributed by atoms with Crippen molar-refractivity contribution in [3.63, 3.8) is 0 Å². The number of rotatable bonds is 3. The van der Waals surface area contributed by atoms with Gasteiger partial charge in [0.2, 0.25) is 5.91 Å². The van der Waals surface area contributed by atoms with E-state index in [0.717, 1.165) is 57.4 Å². The van der Waals surface area contributed by atoms with Crippen molar-refractivity contribution in [3.05, 3.63) is 35.3 Å². The lowest BCUT2D eigenvalue weighted by molar-refractivity contribution is -0.162. The minimum Gasteiger partial charge on any atom is -0.350 e. The van der Waals surface area contributed by atoms with Gasteiger partial charge in [-0.15, -0.1) is 0 Å². The number of aryl methyl sites for hydroxylation is 1. The van der Waals surface area contributed by atoms with Gasteiger partial charge in [0.05, 0.1) is 5.52 Å². The molecule has 7 heteroatoms. The van der Waals surface area contributed by atoms with Crippen LogP contribution in [0.15, 0.2) is 18.2 Å². The fourth-order valence-corrected chi connectivity index (χ4v) is 5.60. The molecule has 2 N–H and O–H groups in total. The Morgan fingerprint density at radius 3 is 2.67 bits per heavy atom. The van der Waals surface area contributed by atoms with Crippen molar-refractivity contribution in [1.82, 2.24) is 20.1 Å². The van der Waals surface area contributed by atoms with Gasteiger partial charge in [-0.3, -0.25) is 14.5 Å². The summed E-state index contributed by atoms with van der Waals surface area (Å²) in [4.78, 5) is 31.8. The van der Waals surface area contributed by atoms with Crippen molar-refractivity contribution in [2.24, 2.45) is 5.41 Å². The molecule has 2 amide bonds. The highest BCUT2D eigenvalue weighted by Crippen LogP contribution is 2.42. The van der Waals surface area contributed by atoms with Crippen LogP contribution in [0.3, 0.4) is 0 Å². The maximum absolute atomic E-state index is 14.1. The van der Waals surface area contributed by atoms with Crippen molar-refractivity contribution in [2.75, 3.05) is 26.2 Å². The lowest BCUT2D eigenvalue weighted by atomic mass is 9.71. The normalized spacial score (nSPS) is 25.8. The first-order chi connectivity index (χ1) is 14.3. The van der Waals surface area contributed by atoms with E-state index in [1.165, 1.54) is 6.07 Å². The number of carbonyl (C=O) groups excluding carboxylic acids is 2. The van der Waals surface area contributed by atoms with E-state index in [-0.39, 0.29) is 23.7 Å². The molecule has 0 radical (unpaired) electrons. The highest BCUT2D eigenvalue weighted by molar-refractivity contribution is 5.99. The Morgan fingerprint density at radius 1 is 1.20 bits per heavy atom. The molecule has 1 saturated carbocycles. The number of likely N-dealkylation sites (tertiary alicyclic amines) is 2. The summed E-state index contributed by atoms with van der Waals surface area (Å²) < 4.78 is 14.1. The van der Waals surface area contributed by atoms with E-state index in [4.69, 9.17) is 0 Å². The molecule has 3 aliphatic rings. The lowest BCUT2D eigenvalue weighted by Gasteiger charge is -2.62. The van der Waals surface area contributed by atoms with Crippen LogP contribution in [0.2, 0.25) is 0 Å². The van der Waals surface area contributed by atoms with Crippen LogP contribution in [-0.4, -0.2) is 64.9 Å². The number of benzene rings is 1. The van der Waals surface area contributed by atoms with Crippen LogP contribution >= 0.6 is 0 Å². The van der Waals surface area contributed by atoms with Gasteiger partial charge in [0.15, 0.2) is 0 Å². The summed E-state index contributed by atoms with van der Waals surface area (Å²) in [6.45, 7) is 7.44. The molecule has 160 valence electrons. The first kappa shape index (κ1) is 19.5. The predicted molar refractivity (Wildman–Crippen MR) is 113 cm³/mol. The number of amides is 2. The average Bonchev–Trinajstić information content (AvgIpc) is 3.10. The lowest BCUT2D eigenvalue weighted by Crippen LogP contribution is -2.74. The maximum atomic E-state index is 14.1. The summed E-state index contributed by atoms with van der Waals surface area (Å²) in [5.74, 6) is -0.298. The Bertz CT molecular complexity index is 963. The van der Waals surface area contributed by atoms with Crippen LogP contribution in [0, 0.1) is 18.2 Å². The van der Waals surface area contributed by atoms with Crippen LogP contribution in [-0.2, 0) is 4.79 Å². The monoisotopic (exact) mass is 412 g/mol. The van der Waals surface area contributed by atoms with Gasteiger partial charge in [-0.05, 0) is 50.3 Å². The Morgan fingerprint density at radius 2 is 1.97 bits per heavy atom. The molecule has 30 heavy (non-hydrogen) atoms. The van der Waals surface area contributed by atoms with Gasteiger partial charge < -0.3 is 15.2 Å². The van der Waals surface area contributed by atoms with E-state index in [1.54, 1.807) is 19.1 Å². The Kier molecular flexibility index (Phi) is 4.61. The van der Waals surface area contributed by atoms with Crippen LogP contribution in [0.4, 0.5) is 4.39 Å². The van der Waals surface area contributed by atoms with E-state index in [1.807, 2.05) is 11.8 Å². The summed E-state index contributed by atoms with van der Waals surface area (Å²) in [5, 5.41) is 3.63. The molecule has 2 aliphatic heterocycles.